The van der Waals surface area contributed by atoms with Crippen LogP contribution < -0.4 is 5.32 Å². The first kappa shape index (κ1) is 9.82. The third-order valence-corrected chi connectivity index (χ3v) is 4.19. The Morgan fingerprint density at radius 3 is 3.20 bits per heavy atom. The second-order valence-electron chi connectivity index (χ2n) is 4.32. The van der Waals surface area contributed by atoms with Gasteiger partial charge in [0.05, 0.1) is 0 Å². The fourth-order valence-electron chi connectivity index (χ4n) is 2.74. The highest BCUT2D eigenvalue weighted by atomic mass is 79.9. The van der Waals surface area contributed by atoms with E-state index in [-0.39, 0.29) is 0 Å². The fourth-order valence-corrected chi connectivity index (χ4v) is 3.41. The van der Waals surface area contributed by atoms with E-state index in [1.165, 1.54) is 35.1 Å². The molecule has 0 aromatic heterocycles. The Labute approximate surface area is 98.8 Å². The summed E-state index contributed by atoms with van der Waals surface area (Å²) in [5.41, 5.74) is 3.03. The van der Waals surface area contributed by atoms with Crippen LogP contribution in [0.25, 0.3) is 0 Å². The highest BCUT2D eigenvalue weighted by molar-refractivity contribution is 9.10. The lowest BCUT2D eigenvalue weighted by Gasteiger charge is -2.41. The highest BCUT2D eigenvalue weighted by Crippen LogP contribution is 2.35. The summed E-state index contributed by atoms with van der Waals surface area (Å²) in [5.74, 6) is 0. The summed E-state index contributed by atoms with van der Waals surface area (Å²) in [6.07, 6.45) is 1.20. The van der Waals surface area contributed by atoms with Crippen molar-refractivity contribution < 1.29 is 0 Å². The molecule has 0 saturated carbocycles. The first-order chi connectivity index (χ1) is 7.36. The normalized spacial score (nSPS) is 25.8. The van der Waals surface area contributed by atoms with Gasteiger partial charge in [-0.05, 0) is 23.6 Å². The maximum absolute atomic E-state index is 3.69. The number of nitrogens with one attached hydrogen (secondary N) is 1. The van der Waals surface area contributed by atoms with Crippen molar-refractivity contribution in [3.8, 4) is 0 Å². The standard InChI is InChI=1S/C12H15BrN2/c13-10-3-1-2-9-4-6-15-7-5-14-8-11(15)12(9)10/h1-3,11,14H,4-8H2. The highest BCUT2D eigenvalue weighted by Gasteiger charge is 2.30. The molecule has 1 saturated heterocycles. The molecule has 1 aromatic rings. The van der Waals surface area contributed by atoms with E-state index in [1.54, 1.807) is 0 Å². The molecule has 1 aromatic carbocycles. The zero-order valence-electron chi connectivity index (χ0n) is 8.67. The van der Waals surface area contributed by atoms with Crippen molar-refractivity contribution in [3.63, 3.8) is 0 Å². The van der Waals surface area contributed by atoms with E-state index in [2.05, 4.69) is 44.3 Å². The molecule has 0 bridgehead atoms. The smallest absolute Gasteiger partial charge is 0.0487 e. The van der Waals surface area contributed by atoms with Crippen molar-refractivity contribution in [1.29, 1.82) is 0 Å². The van der Waals surface area contributed by atoms with E-state index in [0.29, 0.717) is 6.04 Å². The summed E-state index contributed by atoms with van der Waals surface area (Å²) in [5, 5.41) is 3.49. The molecular weight excluding hydrogens is 252 g/mol. The quantitative estimate of drug-likeness (QED) is 0.773. The van der Waals surface area contributed by atoms with Gasteiger partial charge in [-0.2, -0.15) is 0 Å². The zero-order chi connectivity index (χ0) is 10.3. The van der Waals surface area contributed by atoms with Gasteiger partial charge in [-0.1, -0.05) is 28.1 Å². The van der Waals surface area contributed by atoms with Crippen LogP contribution in [0.3, 0.4) is 0 Å². The Hall–Kier alpha value is -0.380. The number of fused-ring (bicyclic) bond motifs is 3. The minimum absolute atomic E-state index is 0.582. The molecule has 2 aliphatic rings. The topological polar surface area (TPSA) is 15.3 Å². The number of hydrogen-bond acceptors (Lipinski definition) is 2. The molecule has 15 heavy (non-hydrogen) atoms. The second kappa shape index (κ2) is 3.89. The van der Waals surface area contributed by atoms with Crippen molar-refractivity contribution in [1.82, 2.24) is 10.2 Å². The predicted octanol–water partition coefficient (Wildman–Crippen LogP) is 1.95. The Bertz CT molecular complexity index is 378. The molecule has 3 heteroatoms. The van der Waals surface area contributed by atoms with Crippen LogP contribution in [0.1, 0.15) is 17.2 Å². The molecule has 0 radical (unpaired) electrons. The van der Waals surface area contributed by atoms with Crippen LogP contribution in [-0.2, 0) is 6.42 Å². The van der Waals surface area contributed by atoms with Crippen molar-refractivity contribution in [3.05, 3.63) is 33.8 Å². The Balaban J connectivity index is 2.05. The van der Waals surface area contributed by atoms with Crippen molar-refractivity contribution >= 4 is 15.9 Å². The Kier molecular flexibility index (Phi) is 2.54. The van der Waals surface area contributed by atoms with Gasteiger partial charge in [0.25, 0.3) is 0 Å². The number of benzene rings is 1. The summed E-state index contributed by atoms with van der Waals surface area (Å²) >= 11 is 3.69. The molecule has 80 valence electrons. The minimum atomic E-state index is 0.582. The summed E-state index contributed by atoms with van der Waals surface area (Å²) in [4.78, 5) is 2.60. The summed E-state index contributed by atoms with van der Waals surface area (Å²) < 4.78 is 1.28. The largest absolute Gasteiger partial charge is 0.314 e. The van der Waals surface area contributed by atoms with E-state index in [1.807, 2.05) is 0 Å². The van der Waals surface area contributed by atoms with E-state index in [9.17, 15) is 0 Å². The van der Waals surface area contributed by atoms with Gasteiger partial charge in [-0.25, -0.2) is 0 Å². The summed E-state index contributed by atoms with van der Waals surface area (Å²) in [6, 6.07) is 7.16. The Morgan fingerprint density at radius 1 is 1.33 bits per heavy atom. The molecule has 1 unspecified atom stereocenters. The average Bonchev–Trinajstić information content (AvgIpc) is 2.29. The van der Waals surface area contributed by atoms with Crippen LogP contribution >= 0.6 is 15.9 Å². The third-order valence-electron chi connectivity index (χ3n) is 3.50. The molecule has 1 fully saturated rings. The van der Waals surface area contributed by atoms with Crippen LogP contribution in [0.4, 0.5) is 0 Å². The van der Waals surface area contributed by atoms with Crippen LogP contribution in [0.15, 0.2) is 22.7 Å². The maximum Gasteiger partial charge on any atom is 0.0487 e. The van der Waals surface area contributed by atoms with Crippen LogP contribution in [0.2, 0.25) is 0 Å². The zero-order valence-corrected chi connectivity index (χ0v) is 10.3. The molecule has 0 spiro atoms. The molecule has 1 N–H and O–H groups in total. The molecule has 3 rings (SSSR count). The number of hydrogen-bond donors (Lipinski definition) is 1. The van der Waals surface area contributed by atoms with Crippen molar-refractivity contribution in [2.24, 2.45) is 0 Å². The average molecular weight is 267 g/mol. The van der Waals surface area contributed by atoms with E-state index >= 15 is 0 Å². The van der Waals surface area contributed by atoms with Gasteiger partial charge in [0, 0.05) is 36.7 Å². The molecule has 1 atom stereocenters. The monoisotopic (exact) mass is 266 g/mol. The number of nitrogens with zero attached hydrogens (tertiary/aromatic N) is 1. The first-order valence-electron chi connectivity index (χ1n) is 5.58. The SMILES string of the molecule is Brc1cccc2c1C1CNCCN1CC2. The predicted molar refractivity (Wildman–Crippen MR) is 65.0 cm³/mol. The molecule has 2 heterocycles. The summed E-state index contributed by atoms with van der Waals surface area (Å²) in [7, 11) is 0. The first-order valence-corrected chi connectivity index (χ1v) is 6.37. The number of halogens is 1. The van der Waals surface area contributed by atoms with Crippen molar-refractivity contribution in [2.75, 3.05) is 26.2 Å². The van der Waals surface area contributed by atoms with Gasteiger partial charge in [-0.3, -0.25) is 4.90 Å². The van der Waals surface area contributed by atoms with Gasteiger partial charge in [0.1, 0.15) is 0 Å². The molecular formula is C12H15BrN2. The maximum atomic E-state index is 3.69. The van der Waals surface area contributed by atoms with Gasteiger partial charge < -0.3 is 5.32 Å². The van der Waals surface area contributed by atoms with Gasteiger partial charge in [0.15, 0.2) is 0 Å². The lowest BCUT2D eigenvalue weighted by molar-refractivity contribution is 0.151. The minimum Gasteiger partial charge on any atom is -0.314 e. The number of rotatable bonds is 0. The van der Waals surface area contributed by atoms with Crippen LogP contribution in [0, 0.1) is 0 Å². The van der Waals surface area contributed by atoms with Crippen LogP contribution in [-0.4, -0.2) is 31.1 Å². The van der Waals surface area contributed by atoms with Gasteiger partial charge in [0.2, 0.25) is 0 Å². The van der Waals surface area contributed by atoms with E-state index in [4.69, 9.17) is 0 Å². The third kappa shape index (κ3) is 1.63. The molecule has 2 aliphatic heterocycles. The van der Waals surface area contributed by atoms with Crippen molar-refractivity contribution in [2.45, 2.75) is 12.5 Å². The van der Waals surface area contributed by atoms with E-state index in [0.717, 1.165) is 13.1 Å². The van der Waals surface area contributed by atoms with Gasteiger partial charge in [-0.15, -0.1) is 0 Å². The second-order valence-corrected chi connectivity index (χ2v) is 5.17. The fraction of sp³-hybridized carbons (Fsp3) is 0.500. The van der Waals surface area contributed by atoms with Gasteiger partial charge >= 0.3 is 0 Å². The van der Waals surface area contributed by atoms with E-state index < -0.39 is 0 Å². The molecule has 0 aliphatic carbocycles. The molecule has 2 nitrogen and oxygen atoms in total. The number of piperazine rings is 1. The lowest BCUT2D eigenvalue weighted by atomic mass is 9.91. The Morgan fingerprint density at radius 2 is 2.27 bits per heavy atom. The van der Waals surface area contributed by atoms with Crippen LogP contribution in [0.5, 0.6) is 0 Å². The lowest BCUT2D eigenvalue weighted by Crippen LogP contribution is -2.49. The summed E-state index contributed by atoms with van der Waals surface area (Å²) in [6.45, 7) is 4.63. The molecule has 0 amide bonds.